The Kier molecular flexibility index (Phi) is 5.38. The number of anilines is 1. The van der Waals surface area contributed by atoms with E-state index in [0.717, 1.165) is 11.6 Å². The Morgan fingerprint density at radius 3 is 2.45 bits per heavy atom. The molecule has 1 fully saturated rings. The molecule has 1 saturated heterocycles. The number of benzene rings is 1. The van der Waals surface area contributed by atoms with Gasteiger partial charge in [-0.1, -0.05) is 23.7 Å². The first-order valence-corrected chi connectivity index (χ1v) is 9.26. The largest absolute Gasteiger partial charge is 0.433 e. The van der Waals surface area contributed by atoms with Crippen molar-refractivity contribution in [3.63, 3.8) is 0 Å². The van der Waals surface area contributed by atoms with Gasteiger partial charge in [-0.2, -0.15) is 13.2 Å². The molecule has 4 rings (SSSR count). The lowest BCUT2D eigenvalue weighted by atomic mass is 10.1. The Bertz CT molecular complexity index is 983. The molecule has 3 heterocycles. The second kappa shape index (κ2) is 7.96. The molecular weight excluding hydrogens is 405 g/mol. The van der Waals surface area contributed by atoms with Gasteiger partial charge in [0.2, 0.25) is 0 Å². The third-order valence-electron chi connectivity index (χ3n) is 4.57. The van der Waals surface area contributed by atoms with Crippen molar-refractivity contribution in [2.45, 2.75) is 12.3 Å². The van der Waals surface area contributed by atoms with E-state index in [4.69, 9.17) is 16.3 Å². The van der Waals surface area contributed by atoms with E-state index < -0.39 is 11.9 Å². The van der Waals surface area contributed by atoms with Crippen LogP contribution in [0.25, 0.3) is 11.4 Å². The summed E-state index contributed by atoms with van der Waals surface area (Å²) in [6.45, 7) is 1.16. The second-order valence-corrected chi connectivity index (χ2v) is 6.96. The third kappa shape index (κ3) is 4.49. The maximum atomic E-state index is 13.5. The van der Waals surface area contributed by atoms with Gasteiger partial charge in [-0.3, -0.25) is 4.98 Å². The molecule has 150 valence electrons. The Hall–Kier alpha value is -2.71. The molecule has 1 atom stereocenters. The number of alkyl halides is 3. The maximum absolute atomic E-state index is 13.5. The molecule has 1 aliphatic heterocycles. The van der Waals surface area contributed by atoms with E-state index in [9.17, 15) is 13.2 Å². The van der Waals surface area contributed by atoms with Crippen molar-refractivity contribution in [3.05, 3.63) is 71.1 Å². The summed E-state index contributed by atoms with van der Waals surface area (Å²) in [6.07, 6.45) is -1.90. The lowest BCUT2D eigenvalue weighted by Crippen LogP contribution is -2.39. The van der Waals surface area contributed by atoms with Crippen molar-refractivity contribution >= 4 is 17.4 Å². The van der Waals surface area contributed by atoms with E-state index in [1.54, 1.807) is 29.2 Å². The summed E-state index contributed by atoms with van der Waals surface area (Å²) in [5.41, 5.74) is 0.386. The Morgan fingerprint density at radius 1 is 1.03 bits per heavy atom. The average molecular weight is 421 g/mol. The van der Waals surface area contributed by atoms with Gasteiger partial charge in [0.15, 0.2) is 11.5 Å². The first-order chi connectivity index (χ1) is 13.9. The Morgan fingerprint density at radius 2 is 1.76 bits per heavy atom. The number of rotatable bonds is 3. The average Bonchev–Trinajstić information content (AvgIpc) is 2.74. The molecule has 5 nitrogen and oxygen atoms in total. The van der Waals surface area contributed by atoms with Crippen molar-refractivity contribution in [1.29, 1.82) is 0 Å². The number of morpholine rings is 1. The quantitative estimate of drug-likeness (QED) is 0.610. The maximum Gasteiger partial charge on any atom is 0.433 e. The van der Waals surface area contributed by atoms with Gasteiger partial charge in [0.05, 0.1) is 6.61 Å². The lowest BCUT2D eigenvalue weighted by molar-refractivity contribution is -0.141. The zero-order chi connectivity index (χ0) is 20.4. The summed E-state index contributed by atoms with van der Waals surface area (Å²) < 4.78 is 46.2. The lowest BCUT2D eigenvalue weighted by Gasteiger charge is -2.34. The smallest absolute Gasteiger partial charge is 0.370 e. The van der Waals surface area contributed by atoms with Crippen LogP contribution in [0.5, 0.6) is 0 Å². The SMILES string of the molecule is FC(F)(F)c1cc(N2CCOC(c3ccc(Cl)cc3)C2)nc(-c2ccncc2)n1. The van der Waals surface area contributed by atoms with Crippen molar-refractivity contribution < 1.29 is 17.9 Å². The van der Waals surface area contributed by atoms with Crippen molar-refractivity contribution in [2.75, 3.05) is 24.6 Å². The number of pyridine rings is 1. The molecule has 0 aliphatic carbocycles. The minimum Gasteiger partial charge on any atom is -0.370 e. The van der Waals surface area contributed by atoms with Crippen molar-refractivity contribution in [3.8, 4) is 11.4 Å². The highest BCUT2D eigenvalue weighted by Crippen LogP contribution is 2.33. The highest BCUT2D eigenvalue weighted by molar-refractivity contribution is 6.30. The molecule has 1 unspecified atom stereocenters. The predicted molar refractivity (Wildman–Crippen MR) is 103 cm³/mol. The summed E-state index contributed by atoms with van der Waals surface area (Å²) in [5, 5.41) is 0.606. The fourth-order valence-electron chi connectivity index (χ4n) is 3.11. The van der Waals surface area contributed by atoms with Gasteiger partial charge in [0.25, 0.3) is 0 Å². The molecule has 0 saturated carbocycles. The fourth-order valence-corrected chi connectivity index (χ4v) is 3.23. The zero-order valence-corrected chi connectivity index (χ0v) is 15.9. The van der Waals surface area contributed by atoms with Crippen LogP contribution in [0.1, 0.15) is 17.4 Å². The number of halogens is 4. The Balaban J connectivity index is 1.68. The van der Waals surface area contributed by atoms with Gasteiger partial charge in [-0.25, -0.2) is 9.97 Å². The van der Waals surface area contributed by atoms with E-state index in [2.05, 4.69) is 15.0 Å². The van der Waals surface area contributed by atoms with Crippen LogP contribution in [0.15, 0.2) is 54.9 Å². The van der Waals surface area contributed by atoms with Crippen LogP contribution in [-0.2, 0) is 10.9 Å². The summed E-state index contributed by atoms with van der Waals surface area (Å²) in [5.74, 6) is 0.216. The first-order valence-electron chi connectivity index (χ1n) is 8.89. The summed E-state index contributed by atoms with van der Waals surface area (Å²) in [6, 6.07) is 11.3. The molecule has 3 aromatic rings. The Labute approximate surface area is 170 Å². The van der Waals surface area contributed by atoms with Crippen LogP contribution in [0.3, 0.4) is 0 Å². The minimum atomic E-state index is -4.58. The molecule has 9 heteroatoms. The number of ether oxygens (including phenoxy) is 1. The van der Waals surface area contributed by atoms with Crippen LogP contribution in [0.4, 0.5) is 19.0 Å². The van der Waals surface area contributed by atoms with Crippen LogP contribution in [0.2, 0.25) is 5.02 Å². The standard InChI is InChI=1S/C20H16ClF3N4O/c21-15-3-1-13(2-4-15)16-12-28(9-10-29-16)18-11-17(20(22,23)24)26-19(27-18)14-5-7-25-8-6-14/h1-8,11,16H,9-10,12H2. The summed E-state index contributed by atoms with van der Waals surface area (Å²) in [7, 11) is 0. The third-order valence-corrected chi connectivity index (χ3v) is 4.83. The zero-order valence-electron chi connectivity index (χ0n) is 15.1. The van der Waals surface area contributed by atoms with Gasteiger partial charge >= 0.3 is 6.18 Å². The fraction of sp³-hybridized carbons (Fsp3) is 0.250. The van der Waals surface area contributed by atoms with Crippen LogP contribution in [-0.4, -0.2) is 34.6 Å². The van der Waals surface area contributed by atoms with E-state index in [1.165, 1.54) is 12.4 Å². The number of hydrogen-bond acceptors (Lipinski definition) is 5. The molecule has 0 spiro atoms. The van der Waals surface area contributed by atoms with E-state index in [0.29, 0.717) is 30.3 Å². The van der Waals surface area contributed by atoms with Crippen LogP contribution in [0, 0.1) is 0 Å². The topological polar surface area (TPSA) is 51.1 Å². The summed E-state index contributed by atoms with van der Waals surface area (Å²) >= 11 is 5.93. The minimum absolute atomic E-state index is 0.00626. The summed E-state index contributed by atoms with van der Waals surface area (Å²) in [4.78, 5) is 13.8. The molecule has 2 aromatic heterocycles. The molecule has 0 bridgehead atoms. The second-order valence-electron chi connectivity index (χ2n) is 6.53. The normalized spacial score (nSPS) is 17.4. The number of aromatic nitrogens is 3. The predicted octanol–water partition coefficient (Wildman–Crippen LogP) is 4.79. The molecule has 1 aliphatic rings. The molecular formula is C20H16ClF3N4O. The van der Waals surface area contributed by atoms with Gasteiger partial charge in [0.1, 0.15) is 11.9 Å². The van der Waals surface area contributed by atoms with E-state index in [1.807, 2.05) is 12.1 Å². The molecule has 1 aromatic carbocycles. The monoisotopic (exact) mass is 420 g/mol. The van der Waals surface area contributed by atoms with Gasteiger partial charge in [-0.05, 0) is 29.8 Å². The first kappa shape index (κ1) is 19.6. The van der Waals surface area contributed by atoms with E-state index in [-0.39, 0.29) is 17.7 Å². The molecule has 0 amide bonds. The van der Waals surface area contributed by atoms with Crippen molar-refractivity contribution in [2.24, 2.45) is 0 Å². The molecule has 0 radical (unpaired) electrons. The van der Waals surface area contributed by atoms with Gasteiger partial charge in [-0.15, -0.1) is 0 Å². The van der Waals surface area contributed by atoms with E-state index >= 15 is 0 Å². The van der Waals surface area contributed by atoms with Crippen LogP contribution < -0.4 is 4.90 Å². The highest BCUT2D eigenvalue weighted by atomic mass is 35.5. The van der Waals surface area contributed by atoms with Crippen molar-refractivity contribution in [1.82, 2.24) is 15.0 Å². The van der Waals surface area contributed by atoms with Gasteiger partial charge < -0.3 is 9.64 Å². The molecule has 0 N–H and O–H groups in total. The number of hydrogen-bond donors (Lipinski definition) is 0. The van der Waals surface area contributed by atoms with Gasteiger partial charge in [0, 0.05) is 42.1 Å². The molecule has 29 heavy (non-hydrogen) atoms. The van der Waals surface area contributed by atoms with Crippen LogP contribution >= 0.6 is 11.6 Å². The number of nitrogens with zero attached hydrogens (tertiary/aromatic N) is 4. The highest BCUT2D eigenvalue weighted by Gasteiger charge is 2.35.